The number of aryl methyl sites for hydroxylation is 1. The van der Waals surface area contributed by atoms with Gasteiger partial charge < -0.3 is 9.64 Å². The maximum atomic E-state index is 14.6. The lowest BCUT2D eigenvalue weighted by Gasteiger charge is -2.20. The molecule has 0 amide bonds. The summed E-state index contributed by atoms with van der Waals surface area (Å²) < 4.78 is 34.8. The van der Waals surface area contributed by atoms with Gasteiger partial charge in [0.25, 0.3) is 0 Å². The monoisotopic (exact) mass is 432 g/mol. The van der Waals surface area contributed by atoms with E-state index in [0.29, 0.717) is 35.1 Å². The summed E-state index contributed by atoms with van der Waals surface area (Å²) in [4.78, 5) is 11.0. The number of piperidine rings is 1. The quantitative estimate of drug-likeness (QED) is 0.569. The Morgan fingerprint density at radius 3 is 2.22 bits per heavy atom. The minimum absolute atomic E-state index is 0.290. The van der Waals surface area contributed by atoms with Gasteiger partial charge in [-0.05, 0) is 59.2 Å². The van der Waals surface area contributed by atoms with Crippen molar-refractivity contribution in [2.24, 2.45) is 17.8 Å². The lowest BCUT2D eigenvalue weighted by atomic mass is 10.0. The molecule has 2 fully saturated rings. The van der Waals surface area contributed by atoms with Crippen molar-refractivity contribution in [3.8, 4) is 22.9 Å². The molecule has 162 valence electrons. The number of halogens is 2. The van der Waals surface area contributed by atoms with E-state index < -0.39 is 11.6 Å². The Balaban J connectivity index is 1.20. The van der Waals surface area contributed by atoms with Crippen LogP contribution in [0.2, 0.25) is 0 Å². The minimum Gasteiger partial charge on any atom is -0.487 e. The van der Waals surface area contributed by atoms with Gasteiger partial charge in [-0.15, -0.1) is 0 Å². The third-order valence-electron chi connectivity index (χ3n) is 6.52. The SMILES string of the molecule is CCc1cnc(N2CC3C(COc4c(F)cc(-c5ccc(C#N)cc5)cc4F)C3C2)nc1. The lowest BCUT2D eigenvalue weighted by molar-refractivity contribution is 0.257. The summed E-state index contributed by atoms with van der Waals surface area (Å²) >= 11 is 0. The van der Waals surface area contributed by atoms with E-state index in [4.69, 9.17) is 10.00 Å². The Morgan fingerprint density at radius 1 is 1.03 bits per heavy atom. The van der Waals surface area contributed by atoms with Gasteiger partial charge in [-0.1, -0.05) is 19.1 Å². The maximum Gasteiger partial charge on any atom is 0.225 e. The number of ether oxygens (including phenoxy) is 1. The maximum absolute atomic E-state index is 14.6. The first-order valence-electron chi connectivity index (χ1n) is 10.8. The number of benzene rings is 2. The first-order valence-corrected chi connectivity index (χ1v) is 10.8. The molecule has 32 heavy (non-hydrogen) atoms. The number of fused-ring (bicyclic) bond motifs is 1. The van der Waals surface area contributed by atoms with Crippen molar-refractivity contribution in [1.29, 1.82) is 5.26 Å². The molecule has 2 unspecified atom stereocenters. The molecule has 1 saturated heterocycles. The highest BCUT2D eigenvalue weighted by Crippen LogP contribution is 2.52. The number of anilines is 1. The third kappa shape index (κ3) is 3.77. The third-order valence-corrected chi connectivity index (χ3v) is 6.52. The topological polar surface area (TPSA) is 62.0 Å². The van der Waals surface area contributed by atoms with Crippen LogP contribution in [0.5, 0.6) is 5.75 Å². The highest BCUT2D eigenvalue weighted by atomic mass is 19.1. The molecule has 5 nitrogen and oxygen atoms in total. The highest BCUT2D eigenvalue weighted by Gasteiger charge is 2.56. The van der Waals surface area contributed by atoms with Gasteiger partial charge in [0.05, 0.1) is 18.2 Å². The molecule has 5 rings (SSSR count). The molecular weight excluding hydrogens is 410 g/mol. The molecular formula is C25H22F2N4O. The van der Waals surface area contributed by atoms with Crippen LogP contribution in [0.3, 0.4) is 0 Å². The molecule has 1 saturated carbocycles. The predicted octanol–water partition coefficient (Wildman–Crippen LogP) is 4.62. The van der Waals surface area contributed by atoms with Crippen LogP contribution in [-0.2, 0) is 6.42 Å². The van der Waals surface area contributed by atoms with E-state index >= 15 is 0 Å². The molecule has 0 bridgehead atoms. The van der Waals surface area contributed by atoms with Crippen LogP contribution in [0.1, 0.15) is 18.1 Å². The zero-order chi connectivity index (χ0) is 22.2. The number of hydrogen-bond acceptors (Lipinski definition) is 5. The van der Waals surface area contributed by atoms with Crippen LogP contribution < -0.4 is 9.64 Å². The fourth-order valence-electron chi connectivity index (χ4n) is 4.53. The van der Waals surface area contributed by atoms with Gasteiger partial charge in [-0.3, -0.25) is 0 Å². The molecule has 3 aromatic rings. The molecule has 2 aliphatic rings. The smallest absolute Gasteiger partial charge is 0.225 e. The van der Waals surface area contributed by atoms with Gasteiger partial charge in [-0.2, -0.15) is 5.26 Å². The van der Waals surface area contributed by atoms with E-state index in [2.05, 4.69) is 21.8 Å². The zero-order valence-electron chi connectivity index (χ0n) is 17.6. The van der Waals surface area contributed by atoms with Crippen LogP contribution in [0.15, 0.2) is 48.8 Å². The highest BCUT2D eigenvalue weighted by molar-refractivity contribution is 5.65. The second-order valence-electron chi connectivity index (χ2n) is 8.41. The summed E-state index contributed by atoms with van der Waals surface area (Å²) in [7, 11) is 0. The van der Waals surface area contributed by atoms with Crippen LogP contribution in [0.4, 0.5) is 14.7 Å². The Morgan fingerprint density at radius 2 is 1.66 bits per heavy atom. The van der Waals surface area contributed by atoms with Crippen molar-refractivity contribution in [1.82, 2.24) is 9.97 Å². The molecule has 2 aromatic carbocycles. The molecule has 1 aliphatic carbocycles. The normalized spacial score (nSPS) is 21.2. The standard InChI is InChI=1S/C25H22F2N4O/c1-2-15-10-29-25(30-11-15)31-12-19-20(13-31)21(19)14-32-24-22(26)7-18(8-23(24)27)17-5-3-16(9-28)4-6-17/h3-8,10-11,19-21H,2,12-14H2,1H3. The van der Waals surface area contributed by atoms with Crippen LogP contribution in [-0.4, -0.2) is 29.7 Å². The van der Waals surface area contributed by atoms with Gasteiger partial charge in [0.15, 0.2) is 17.4 Å². The molecule has 1 aromatic heterocycles. The van der Waals surface area contributed by atoms with Crippen molar-refractivity contribution in [3.63, 3.8) is 0 Å². The van der Waals surface area contributed by atoms with Crippen LogP contribution in [0, 0.1) is 40.7 Å². The Labute approximate surface area is 185 Å². The molecule has 0 N–H and O–H groups in total. The number of aromatic nitrogens is 2. The fraction of sp³-hybridized carbons (Fsp3) is 0.320. The van der Waals surface area contributed by atoms with Crippen molar-refractivity contribution in [2.75, 3.05) is 24.6 Å². The van der Waals surface area contributed by atoms with Crippen molar-refractivity contribution in [3.05, 3.63) is 71.6 Å². The largest absolute Gasteiger partial charge is 0.487 e. The zero-order valence-corrected chi connectivity index (χ0v) is 17.6. The summed E-state index contributed by atoms with van der Waals surface area (Å²) in [6.45, 7) is 4.04. The average molecular weight is 432 g/mol. The Hall–Kier alpha value is -3.53. The first-order chi connectivity index (χ1) is 15.6. The van der Waals surface area contributed by atoms with E-state index in [1.807, 2.05) is 18.5 Å². The van der Waals surface area contributed by atoms with Crippen molar-refractivity contribution >= 4 is 5.95 Å². The summed E-state index contributed by atoms with van der Waals surface area (Å²) in [6, 6.07) is 11.1. The second kappa shape index (κ2) is 8.19. The van der Waals surface area contributed by atoms with E-state index in [-0.39, 0.29) is 11.7 Å². The van der Waals surface area contributed by atoms with E-state index in [0.717, 1.165) is 31.0 Å². The van der Waals surface area contributed by atoms with Gasteiger partial charge in [-0.25, -0.2) is 18.7 Å². The molecule has 1 aliphatic heterocycles. The van der Waals surface area contributed by atoms with Gasteiger partial charge in [0.1, 0.15) is 0 Å². The fourth-order valence-corrected chi connectivity index (χ4v) is 4.53. The van der Waals surface area contributed by atoms with Crippen molar-refractivity contribution in [2.45, 2.75) is 13.3 Å². The molecule has 2 atom stereocenters. The van der Waals surface area contributed by atoms with Gasteiger partial charge >= 0.3 is 0 Å². The van der Waals surface area contributed by atoms with Gasteiger partial charge in [0.2, 0.25) is 5.95 Å². The molecule has 7 heteroatoms. The lowest BCUT2D eigenvalue weighted by Crippen LogP contribution is -2.27. The van der Waals surface area contributed by atoms with E-state index in [9.17, 15) is 8.78 Å². The first kappa shape index (κ1) is 20.4. The van der Waals surface area contributed by atoms with Crippen molar-refractivity contribution < 1.29 is 13.5 Å². The number of nitriles is 1. The van der Waals surface area contributed by atoms with E-state index in [1.165, 1.54) is 12.1 Å². The summed E-state index contributed by atoms with van der Waals surface area (Å²) in [5.74, 6) is 0.134. The van der Waals surface area contributed by atoms with E-state index in [1.54, 1.807) is 24.3 Å². The van der Waals surface area contributed by atoms with Gasteiger partial charge in [0, 0.05) is 31.4 Å². The summed E-state index contributed by atoms with van der Waals surface area (Å²) in [6.07, 6.45) is 4.63. The number of hydrogen-bond donors (Lipinski definition) is 0. The average Bonchev–Trinajstić information content (AvgIpc) is 3.26. The number of rotatable bonds is 6. The number of nitrogens with zero attached hydrogens (tertiary/aromatic N) is 4. The minimum atomic E-state index is -0.721. The molecule has 2 heterocycles. The Kier molecular flexibility index (Phi) is 5.22. The van der Waals surface area contributed by atoms with Crippen LogP contribution >= 0.6 is 0 Å². The summed E-state index contributed by atoms with van der Waals surface area (Å²) in [5, 5.41) is 8.89. The Bertz CT molecular complexity index is 1140. The molecule has 0 radical (unpaired) electrons. The second-order valence-corrected chi connectivity index (χ2v) is 8.41. The molecule has 0 spiro atoms. The predicted molar refractivity (Wildman–Crippen MR) is 116 cm³/mol. The summed E-state index contributed by atoms with van der Waals surface area (Å²) in [5.41, 5.74) is 2.65. The van der Waals surface area contributed by atoms with Crippen LogP contribution in [0.25, 0.3) is 11.1 Å².